The van der Waals surface area contributed by atoms with E-state index in [-0.39, 0.29) is 5.91 Å². The van der Waals surface area contributed by atoms with Crippen LogP contribution in [-0.2, 0) is 9.53 Å². The van der Waals surface area contributed by atoms with E-state index in [1.54, 1.807) is 18.9 Å². The maximum atomic E-state index is 11.9. The zero-order valence-electron chi connectivity index (χ0n) is 9.40. The molecule has 2 unspecified atom stereocenters. The van der Waals surface area contributed by atoms with Gasteiger partial charge in [0.25, 0.3) is 0 Å². The average Bonchev–Trinajstić information content (AvgIpc) is 2.61. The van der Waals surface area contributed by atoms with Gasteiger partial charge < -0.3 is 20.5 Å². The van der Waals surface area contributed by atoms with E-state index < -0.39 is 11.6 Å². The third-order valence-electron chi connectivity index (χ3n) is 2.71. The molecular formula is C10H20N2O3. The smallest absolute Gasteiger partial charge is 0.244 e. The number of amides is 1. The molecule has 0 spiro atoms. The Morgan fingerprint density at radius 1 is 1.73 bits per heavy atom. The molecule has 5 nitrogen and oxygen atoms in total. The van der Waals surface area contributed by atoms with Crippen LogP contribution in [0.4, 0.5) is 0 Å². The minimum Gasteiger partial charge on any atom is -0.393 e. The van der Waals surface area contributed by atoms with Crippen LogP contribution in [0.1, 0.15) is 19.8 Å². The van der Waals surface area contributed by atoms with Crippen molar-refractivity contribution in [3.8, 4) is 0 Å². The summed E-state index contributed by atoms with van der Waals surface area (Å²) in [5.74, 6) is -0.0966. The van der Waals surface area contributed by atoms with Gasteiger partial charge in [-0.3, -0.25) is 4.79 Å². The molecule has 0 radical (unpaired) electrons. The molecule has 88 valence electrons. The van der Waals surface area contributed by atoms with Gasteiger partial charge in [-0.2, -0.15) is 0 Å². The van der Waals surface area contributed by atoms with Crippen LogP contribution in [-0.4, -0.2) is 54.4 Å². The van der Waals surface area contributed by atoms with Crippen molar-refractivity contribution < 1.29 is 14.6 Å². The van der Waals surface area contributed by atoms with Crippen LogP contribution in [0.25, 0.3) is 0 Å². The van der Waals surface area contributed by atoms with Crippen LogP contribution in [0, 0.1) is 0 Å². The van der Waals surface area contributed by atoms with Crippen molar-refractivity contribution in [1.82, 2.24) is 4.90 Å². The second-order valence-electron chi connectivity index (χ2n) is 4.32. The van der Waals surface area contributed by atoms with Crippen LogP contribution in [0.2, 0.25) is 0 Å². The van der Waals surface area contributed by atoms with Gasteiger partial charge in [0.15, 0.2) is 0 Å². The summed E-state index contributed by atoms with van der Waals surface area (Å²) in [7, 11) is 1.71. The van der Waals surface area contributed by atoms with Gasteiger partial charge in [-0.05, 0) is 19.8 Å². The molecule has 0 saturated carbocycles. The number of ether oxygens (including phenoxy) is 1. The fraction of sp³-hybridized carbons (Fsp3) is 0.900. The zero-order valence-corrected chi connectivity index (χ0v) is 9.40. The van der Waals surface area contributed by atoms with Gasteiger partial charge in [0.05, 0.1) is 12.7 Å². The van der Waals surface area contributed by atoms with E-state index in [0.717, 1.165) is 0 Å². The molecule has 0 aromatic carbocycles. The summed E-state index contributed by atoms with van der Waals surface area (Å²) in [6.45, 7) is 3.07. The summed E-state index contributed by atoms with van der Waals surface area (Å²) in [5, 5.41) is 9.12. The number of nitrogens with two attached hydrogens (primary N) is 1. The highest BCUT2D eigenvalue weighted by Crippen LogP contribution is 2.18. The van der Waals surface area contributed by atoms with Crippen molar-refractivity contribution >= 4 is 5.91 Å². The van der Waals surface area contributed by atoms with E-state index in [4.69, 9.17) is 15.6 Å². The van der Waals surface area contributed by atoms with E-state index in [0.29, 0.717) is 32.6 Å². The van der Waals surface area contributed by atoms with E-state index in [9.17, 15) is 4.79 Å². The lowest BCUT2D eigenvalue weighted by Crippen LogP contribution is -2.55. The second-order valence-corrected chi connectivity index (χ2v) is 4.32. The third kappa shape index (κ3) is 3.15. The lowest BCUT2D eigenvalue weighted by atomic mass is 9.98. The first-order chi connectivity index (χ1) is 6.96. The summed E-state index contributed by atoms with van der Waals surface area (Å²) in [6, 6.07) is 0. The first-order valence-electron chi connectivity index (χ1n) is 5.26. The molecule has 15 heavy (non-hydrogen) atoms. The SMILES string of the molecule is CC(O)CCN(C)C(=O)C1(N)CCOC1. The molecule has 0 aliphatic carbocycles. The number of rotatable bonds is 4. The standard InChI is InChI=1S/C10H20N2O3/c1-8(13)3-5-12(2)9(14)10(11)4-6-15-7-10/h8,13H,3-7,11H2,1-2H3. The monoisotopic (exact) mass is 216 g/mol. The Morgan fingerprint density at radius 3 is 2.87 bits per heavy atom. The molecule has 3 N–H and O–H groups in total. The minimum absolute atomic E-state index is 0.0966. The molecule has 0 bridgehead atoms. The van der Waals surface area contributed by atoms with Crippen molar-refractivity contribution in [1.29, 1.82) is 0 Å². The first-order valence-corrected chi connectivity index (χ1v) is 5.26. The number of hydrogen-bond donors (Lipinski definition) is 2. The van der Waals surface area contributed by atoms with E-state index in [1.807, 2.05) is 0 Å². The van der Waals surface area contributed by atoms with Gasteiger partial charge in [0.2, 0.25) is 5.91 Å². The molecule has 1 heterocycles. The lowest BCUT2D eigenvalue weighted by molar-refractivity contribution is -0.135. The summed E-state index contributed by atoms with van der Waals surface area (Å²) in [5.41, 5.74) is 5.08. The Kier molecular flexibility index (Phi) is 4.07. The lowest BCUT2D eigenvalue weighted by Gasteiger charge is -2.27. The fourth-order valence-corrected chi connectivity index (χ4v) is 1.61. The van der Waals surface area contributed by atoms with Gasteiger partial charge in [0, 0.05) is 20.2 Å². The topological polar surface area (TPSA) is 75.8 Å². The Bertz CT molecular complexity index is 225. The maximum absolute atomic E-state index is 11.9. The van der Waals surface area contributed by atoms with Crippen LogP contribution in [0.5, 0.6) is 0 Å². The van der Waals surface area contributed by atoms with Crippen LogP contribution in [0.3, 0.4) is 0 Å². The molecule has 5 heteroatoms. The van der Waals surface area contributed by atoms with Gasteiger partial charge in [-0.15, -0.1) is 0 Å². The van der Waals surface area contributed by atoms with Crippen molar-refractivity contribution in [2.24, 2.45) is 5.73 Å². The molecule has 0 aromatic rings. The molecule has 2 atom stereocenters. The molecule has 0 aromatic heterocycles. The van der Waals surface area contributed by atoms with Crippen molar-refractivity contribution in [3.05, 3.63) is 0 Å². The predicted molar refractivity (Wildman–Crippen MR) is 56.3 cm³/mol. The van der Waals surface area contributed by atoms with E-state index in [2.05, 4.69) is 0 Å². The molecule has 1 amide bonds. The third-order valence-corrected chi connectivity index (χ3v) is 2.71. The number of carbonyl (C=O) groups is 1. The number of likely N-dealkylation sites (N-methyl/N-ethyl adjacent to an activating group) is 1. The Morgan fingerprint density at radius 2 is 2.40 bits per heavy atom. The fourth-order valence-electron chi connectivity index (χ4n) is 1.61. The van der Waals surface area contributed by atoms with Crippen LogP contribution >= 0.6 is 0 Å². The Balaban J connectivity index is 2.44. The number of aliphatic hydroxyl groups is 1. The summed E-state index contributed by atoms with van der Waals surface area (Å²) < 4.78 is 5.14. The van der Waals surface area contributed by atoms with Gasteiger partial charge in [-0.25, -0.2) is 0 Å². The molecule has 1 rings (SSSR count). The highest BCUT2D eigenvalue weighted by atomic mass is 16.5. The largest absolute Gasteiger partial charge is 0.393 e. The summed E-state index contributed by atoms with van der Waals surface area (Å²) in [6.07, 6.45) is 0.748. The second kappa shape index (κ2) is 4.92. The zero-order chi connectivity index (χ0) is 11.5. The molecule has 1 aliphatic rings. The average molecular weight is 216 g/mol. The normalized spacial score (nSPS) is 27.7. The number of hydrogen-bond acceptors (Lipinski definition) is 4. The number of nitrogens with zero attached hydrogens (tertiary/aromatic N) is 1. The van der Waals surface area contributed by atoms with Crippen molar-refractivity contribution in [2.75, 3.05) is 26.8 Å². The maximum Gasteiger partial charge on any atom is 0.244 e. The summed E-state index contributed by atoms with van der Waals surface area (Å²) >= 11 is 0. The van der Waals surface area contributed by atoms with Gasteiger partial charge >= 0.3 is 0 Å². The predicted octanol–water partition coefficient (Wildman–Crippen LogP) is -0.666. The minimum atomic E-state index is -0.854. The van der Waals surface area contributed by atoms with E-state index in [1.165, 1.54) is 0 Å². The van der Waals surface area contributed by atoms with Crippen molar-refractivity contribution in [3.63, 3.8) is 0 Å². The van der Waals surface area contributed by atoms with Gasteiger partial charge in [0.1, 0.15) is 5.54 Å². The first kappa shape index (κ1) is 12.4. The highest BCUT2D eigenvalue weighted by Gasteiger charge is 2.39. The molecule has 1 saturated heterocycles. The van der Waals surface area contributed by atoms with Crippen LogP contribution in [0.15, 0.2) is 0 Å². The molecular weight excluding hydrogens is 196 g/mol. The summed E-state index contributed by atoms with van der Waals surface area (Å²) in [4.78, 5) is 13.5. The number of carbonyl (C=O) groups excluding carboxylic acids is 1. The van der Waals surface area contributed by atoms with Gasteiger partial charge in [-0.1, -0.05) is 0 Å². The Hall–Kier alpha value is -0.650. The van der Waals surface area contributed by atoms with Crippen molar-refractivity contribution in [2.45, 2.75) is 31.4 Å². The van der Waals surface area contributed by atoms with E-state index >= 15 is 0 Å². The Labute approximate surface area is 90.2 Å². The molecule has 1 fully saturated rings. The molecule has 1 aliphatic heterocycles. The van der Waals surface area contributed by atoms with Crippen LogP contribution < -0.4 is 5.73 Å². The number of aliphatic hydroxyl groups excluding tert-OH is 1. The quantitative estimate of drug-likeness (QED) is 0.653. The highest BCUT2D eigenvalue weighted by molar-refractivity contribution is 5.86.